The average Bonchev–Trinajstić information content (AvgIpc) is 3.06. The van der Waals surface area contributed by atoms with E-state index in [2.05, 4.69) is 0 Å². The van der Waals surface area contributed by atoms with Gasteiger partial charge in [0.2, 0.25) is 5.43 Å². The second-order valence-electron chi connectivity index (χ2n) is 9.20. The molecular weight excluding hydrogens is 519 g/mol. The van der Waals surface area contributed by atoms with E-state index >= 15 is 0 Å². The summed E-state index contributed by atoms with van der Waals surface area (Å²) >= 11 is 1.60. The zero-order valence-corrected chi connectivity index (χ0v) is 21.6. The van der Waals surface area contributed by atoms with Crippen LogP contribution in [-0.4, -0.2) is 46.1 Å². The quantitative estimate of drug-likeness (QED) is 0.484. The van der Waals surface area contributed by atoms with Crippen molar-refractivity contribution in [2.45, 2.75) is 49.2 Å². The van der Waals surface area contributed by atoms with Crippen molar-refractivity contribution in [1.82, 2.24) is 9.58 Å². The van der Waals surface area contributed by atoms with Crippen LogP contribution in [0.15, 0.2) is 64.4 Å². The molecule has 0 saturated carbocycles. The maximum atomic E-state index is 13.9. The average molecular weight is 546 g/mol. The number of carbonyl (C=O) groups excluding carboxylic acids is 1. The van der Waals surface area contributed by atoms with Crippen LogP contribution in [0.3, 0.4) is 0 Å². The Hall–Kier alpha value is -3.60. The van der Waals surface area contributed by atoms with Crippen molar-refractivity contribution < 1.29 is 27.8 Å². The topological polar surface area (TPSA) is 75.0 Å². The van der Waals surface area contributed by atoms with E-state index in [1.165, 1.54) is 10.9 Å². The lowest BCUT2D eigenvalue weighted by atomic mass is 9.93. The van der Waals surface area contributed by atoms with Gasteiger partial charge in [-0.2, -0.15) is 13.2 Å². The highest BCUT2D eigenvalue weighted by molar-refractivity contribution is 7.98. The summed E-state index contributed by atoms with van der Waals surface area (Å²) in [7, 11) is 0. The Morgan fingerprint density at radius 1 is 1.13 bits per heavy atom. The number of nitrogens with zero attached hydrogens (tertiary/aromatic N) is 3. The molecule has 3 heterocycles. The van der Waals surface area contributed by atoms with Gasteiger partial charge >= 0.3 is 6.18 Å². The molecule has 2 aliphatic rings. The first-order valence-corrected chi connectivity index (χ1v) is 13.2. The van der Waals surface area contributed by atoms with Crippen LogP contribution in [0.25, 0.3) is 0 Å². The minimum Gasteiger partial charge on any atom is -0.502 e. The first-order chi connectivity index (χ1) is 18.1. The molecule has 0 saturated heterocycles. The number of pyridine rings is 1. The number of hydrogen-bond donors (Lipinski definition) is 1. The summed E-state index contributed by atoms with van der Waals surface area (Å²) in [6, 6.07) is 11.5. The zero-order valence-electron chi connectivity index (χ0n) is 20.7. The molecule has 5 rings (SSSR count). The fraction of sp³-hybridized carbons (Fsp3) is 0.333. The maximum Gasteiger partial charge on any atom is 0.408 e. The van der Waals surface area contributed by atoms with Crippen LogP contribution in [0.1, 0.15) is 53.5 Å². The molecule has 0 radical (unpaired) electrons. The minimum atomic E-state index is -4.72. The molecule has 2 aromatic carbocycles. The molecule has 1 amide bonds. The van der Waals surface area contributed by atoms with Crippen LogP contribution in [-0.2, 0) is 5.75 Å². The van der Waals surface area contributed by atoms with Gasteiger partial charge in [0.15, 0.2) is 11.4 Å². The predicted molar refractivity (Wildman–Crippen MR) is 137 cm³/mol. The lowest BCUT2D eigenvalue weighted by Crippen LogP contribution is -2.60. The summed E-state index contributed by atoms with van der Waals surface area (Å²) in [5, 5.41) is 12.2. The number of fused-ring (bicyclic) bond motifs is 3. The first-order valence-electron chi connectivity index (χ1n) is 12.2. The van der Waals surface area contributed by atoms with Crippen LogP contribution in [0, 0.1) is 0 Å². The van der Waals surface area contributed by atoms with Gasteiger partial charge in [0.25, 0.3) is 5.91 Å². The molecule has 11 heteroatoms. The van der Waals surface area contributed by atoms with Crippen LogP contribution < -0.4 is 15.2 Å². The molecule has 0 fully saturated rings. The van der Waals surface area contributed by atoms with E-state index in [1.807, 2.05) is 49.4 Å². The van der Waals surface area contributed by atoms with Gasteiger partial charge in [-0.05, 0) is 36.6 Å². The molecule has 38 heavy (non-hydrogen) atoms. The molecule has 2 aliphatic heterocycles. The van der Waals surface area contributed by atoms with E-state index in [4.69, 9.17) is 4.74 Å². The highest BCUT2D eigenvalue weighted by atomic mass is 32.2. The standard InChI is InChI=1S/C27H26F3N3O4S/c1-3-13-37-20-9-6-7-17-14-38-21-10-5-4-8-18(21)23(22(17)20)33-15-31(16(2)27(28,29)30)26(36)24-25(35)19(34)11-12-32(24)33/h4-12,16,23,35H,3,13-15H2,1-2H3/t16-,23-/m1/s1. The molecule has 0 unspecified atom stereocenters. The molecule has 1 aromatic heterocycles. The molecule has 7 nitrogen and oxygen atoms in total. The van der Waals surface area contributed by atoms with Gasteiger partial charge in [0, 0.05) is 28.5 Å². The van der Waals surface area contributed by atoms with Gasteiger partial charge in [0.1, 0.15) is 24.5 Å². The van der Waals surface area contributed by atoms with E-state index in [-0.39, 0.29) is 0 Å². The fourth-order valence-corrected chi connectivity index (χ4v) is 5.94. The van der Waals surface area contributed by atoms with Crippen molar-refractivity contribution in [3.8, 4) is 11.5 Å². The van der Waals surface area contributed by atoms with Crippen molar-refractivity contribution in [3.63, 3.8) is 0 Å². The Kier molecular flexibility index (Phi) is 6.81. The van der Waals surface area contributed by atoms with Crippen LogP contribution in [0.2, 0.25) is 0 Å². The Morgan fingerprint density at radius 2 is 1.89 bits per heavy atom. The van der Waals surface area contributed by atoms with Gasteiger partial charge in [-0.25, -0.2) is 0 Å². The Bertz CT molecular complexity index is 1440. The highest BCUT2D eigenvalue weighted by Gasteiger charge is 2.48. The monoisotopic (exact) mass is 545 g/mol. The number of rotatable bonds is 5. The third-order valence-electron chi connectivity index (χ3n) is 6.82. The SMILES string of the molecule is CCCOc1cccc2c1[C@H](N1CN([C@H](C)C(F)(F)F)C(=O)c3c(O)c(=O)ccn31)c1ccccc1SC2. The van der Waals surface area contributed by atoms with Crippen molar-refractivity contribution >= 4 is 17.7 Å². The third kappa shape index (κ3) is 4.38. The summed E-state index contributed by atoms with van der Waals surface area (Å²) in [6.45, 7) is 2.87. The Balaban J connectivity index is 1.79. The Labute approximate surface area is 221 Å². The second-order valence-corrected chi connectivity index (χ2v) is 10.2. The van der Waals surface area contributed by atoms with Gasteiger partial charge in [-0.15, -0.1) is 11.8 Å². The predicted octanol–water partition coefficient (Wildman–Crippen LogP) is 5.04. The largest absolute Gasteiger partial charge is 0.502 e. The smallest absolute Gasteiger partial charge is 0.408 e. The van der Waals surface area contributed by atoms with E-state index in [0.717, 1.165) is 41.0 Å². The number of aromatic nitrogens is 1. The number of hydrogen-bond acceptors (Lipinski definition) is 6. The lowest BCUT2D eigenvalue weighted by molar-refractivity contribution is -0.173. The highest BCUT2D eigenvalue weighted by Crippen LogP contribution is 2.46. The van der Waals surface area contributed by atoms with Crippen molar-refractivity contribution in [3.05, 3.63) is 87.3 Å². The summed E-state index contributed by atoms with van der Waals surface area (Å²) in [5.74, 6) is -0.781. The van der Waals surface area contributed by atoms with Gasteiger partial charge in [0.05, 0.1) is 6.61 Å². The van der Waals surface area contributed by atoms with Gasteiger partial charge < -0.3 is 14.7 Å². The number of carbonyl (C=O) groups is 1. The van der Waals surface area contributed by atoms with Crippen LogP contribution in [0.4, 0.5) is 13.2 Å². The van der Waals surface area contributed by atoms with Crippen molar-refractivity contribution in [2.24, 2.45) is 0 Å². The normalized spacial score (nSPS) is 17.8. The molecule has 0 spiro atoms. The molecule has 200 valence electrons. The summed E-state index contributed by atoms with van der Waals surface area (Å²) in [4.78, 5) is 27.2. The molecule has 0 bridgehead atoms. The summed E-state index contributed by atoms with van der Waals surface area (Å²) in [5.41, 5.74) is 1.14. The van der Waals surface area contributed by atoms with Crippen molar-refractivity contribution in [1.29, 1.82) is 0 Å². The zero-order chi connectivity index (χ0) is 27.2. The summed E-state index contributed by atoms with van der Waals surface area (Å²) < 4.78 is 49.2. The maximum absolute atomic E-state index is 13.9. The van der Waals surface area contributed by atoms with Gasteiger partial charge in [-0.3, -0.25) is 19.3 Å². The molecule has 2 atom stereocenters. The van der Waals surface area contributed by atoms with E-state index in [9.17, 15) is 27.9 Å². The number of alkyl halides is 3. The van der Waals surface area contributed by atoms with Crippen LogP contribution >= 0.6 is 11.8 Å². The number of benzene rings is 2. The molecule has 0 aliphatic carbocycles. The van der Waals surface area contributed by atoms with E-state index in [1.54, 1.807) is 16.8 Å². The number of ether oxygens (including phenoxy) is 1. The van der Waals surface area contributed by atoms with Gasteiger partial charge in [-0.1, -0.05) is 37.3 Å². The molecular formula is C27H26F3N3O4S. The lowest BCUT2D eigenvalue weighted by Gasteiger charge is -2.46. The number of aromatic hydroxyl groups is 1. The summed E-state index contributed by atoms with van der Waals surface area (Å²) in [6.07, 6.45) is -2.65. The second kappa shape index (κ2) is 9.94. The fourth-order valence-electron chi connectivity index (χ4n) is 4.86. The molecule has 3 aromatic rings. The first kappa shape index (κ1) is 26.0. The Morgan fingerprint density at radius 3 is 2.63 bits per heavy atom. The number of amides is 1. The number of thioether (sulfide) groups is 1. The third-order valence-corrected chi connectivity index (χ3v) is 7.96. The minimum absolute atomic E-state index is 0.442. The number of halogens is 3. The molecule has 1 N–H and O–H groups in total. The van der Waals surface area contributed by atoms with Crippen molar-refractivity contribution in [2.75, 3.05) is 18.3 Å². The van der Waals surface area contributed by atoms with E-state index in [0.29, 0.717) is 23.0 Å². The van der Waals surface area contributed by atoms with E-state index < -0.39 is 47.7 Å². The van der Waals surface area contributed by atoms with Crippen LogP contribution in [0.5, 0.6) is 11.5 Å².